The predicted molar refractivity (Wildman–Crippen MR) is 85.2 cm³/mol. The summed E-state index contributed by atoms with van der Waals surface area (Å²) in [7, 11) is 0. The number of nitriles is 1. The molecule has 1 aliphatic rings. The Morgan fingerprint density at radius 1 is 1.43 bits per heavy atom. The third kappa shape index (κ3) is 3.85. The zero-order chi connectivity index (χ0) is 16.1. The van der Waals surface area contributed by atoms with Gasteiger partial charge in [0.1, 0.15) is 5.69 Å². The number of likely N-dealkylation sites (tertiary alicyclic amines) is 1. The molecule has 0 saturated carbocycles. The molecule has 7 heteroatoms. The Kier molecular flexibility index (Phi) is 4.83. The minimum absolute atomic E-state index is 0.00834. The summed E-state index contributed by atoms with van der Waals surface area (Å²) >= 11 is 1.43. The van der Waals surface area contributed by atoms with Gasteiger partial charge in [-0.2, -0.15) is 5.26 Å². The number of ether oxygens (including phenoxy) is 1. The third-order valence-electron chi connectivity index (χ3n) is 3.88. The number of rotatable bonds is 4. The van der Waals surface area contributed by atoms with Gasteiger partial charge in [-0.05, 0) is 24.8 Å². The summed E-state index contributed by atoms with van der Waals surface area (Å²) in [6.45, 7) is 1.99. The first-order valence-corrected chi connectivity index (χ1v) is 8.37. The Hall–Kier alpha value is -2.46. The van der Waals surface area contributed by atoms with Gasteiger partial charge < -0.3 is 9.64 Å². The molecule has 3 heterocycles. The van der Waals surface area contributed by atoms with Gasteiger partial charge in [0.15, 0.2) is 0 Å². The van der Waals surface area contributed by atoms with Gasteiger partial charge in [-0.25, -0.2) is 9.97 Å². The van der Waals surface area contributed by atoms with Gasteiger partial charge in [0.2, 0.25) is 5.88 Å². The quantitative estimate of drug-likeness (QED) is 0.860. The molecule has 0 aromatic carbocycles. The zero-order valence-corrected chi connectivity index (χ0v) is 13.3. The van der Waals surface area contributed by atoms with E-state index in [2.05, 4.69) is 16.0 Å². The highest BCUT2D eigenvalue weighted by Gasteiger charge is 2.25. The van der Waals surface area contributed by atoms with Gasteiger partial charge in [-0.3, -0.25) is 4.79 Å². The fraction of sp³-hybridized carbons (Fsp3) is 0.375. The first kappa shape index (κ1) is 15.4. The predicted octanol–water partition coefficient (Wildman–Crippen LogP) is 2.34. The van der Waals surface area contributed by atoms with E-state index in [0.29, 0.717) is 29.7 Å². The van der Waals surface area contributed by atoms with Crippen molar-refractivity contribution in [2.75, 3.05) is 19.7 Å². The molecule has 6 nitrogen and oxygen atoms in total. The molecule has 1 aliphatic heterocycles. The third-order valence-corrected chi connectivity index (χ3v) is 4.47. The van der Waals surface area contributed by atoms with E-state index in [9.17, 15) is 4.79 Å². The monoisotopic (exact) mass is 328 g/mol. The molecule has 0 spiro atoms. The minimum atomic E-state index is 0.00834. The molecule has 0 aliphatic carbocycles. The number of aromatic nitrogens is 2. The molecule has 1 saturated heterocycles. The molecule has 23 heavy (non-hydrogen) atoms. The van der Waals surface area contributed by atoms with Crippen LogP contribution in [0.2, 0.25) is 0 Å². The van der Waals surface area contributed by atoms with Gasteiger partial charge in [-0.1, -0.05) is 0 Å². The summed E-state index contributed by atoms with van der Waals surface area (Å²) in [4.78, 5) is 22.2. The van der Waals surface area contributed by atoms with E-state index in [0.717, 1.165) is 25.9 Å². The molecule has 0 N–H and O–H groups in total. The molecule has 0 radical (unpaired) electrons. The SMILES string of the molecule is N#Cc1ccnc(OCC2CCN(C(=O)c3cscn3)CC2)c1. The van der Waals surface area contributed by atoms with Crippen molar-refractivity contribution in [2.24, 2.45) is 5.92 Å². The van der Waals surface area contributed by atoms with Crippen LogP contribution in [0.25, 0.3) is 0 Å². The van der Waals surface area contributed by atoms with Gasteiger partial charge in [0, 0.05) is 30.7 Å². The Labute approximate surface area is 138 Å². The summed E-state index contributed by atoms with van der Waals surface area (Å²) in [6.07, 6.45) is 3.37. The topological polar surface area (TPSA) is 79.1 Å². The number of nitrogens with zero attached hydrogens (tertiary/aromatic N) is 4. The Bertz CT molecular complexity index is 703. The van der Waals surface area contributed by atoms with Crippen LogP contribution in [0.4, 0.5) is 0 Å². The summed E-state index contributed by atoms with van der Waals surface area (Å²) in [6, 6.07) is 5.36. The smallest absolute Gasteiger partial charge is 0.273 e. The van der Waals surface area contributed by atoms with Crippen molar-refractivity contribution in [3.05, 3.63) is 40.5 Å². The fourth-order valence-corrected chi connectivity index (χ4v) is 3.07. The molecule has 0 unspecified atom stereocenters. The van der Waals surface area contributed by atoms with Crippen molar-refractivity contribution >= 4 is 17.2 Å². The van der Waals surface area contributed by atoms with Gasteiger partial charge in [-0.15, -0.1) is 11.3 Å². The number of hydrogen-bond acceptors (Lipinski definition) is 6. The van der Waals surface area contributed by atoms with E-state index in [1.807, 2.05) is 4.90 Å². The van der Waals surface area contributed by atoms with E-state index >= 15 is 0 Å². The van der Waals surface area contributed by atoms with Crippen LogP contribution < -0.4 is 4.74 Å². The van der Waals surface area contributed by atoms with Crippen molar-refractivity contribution in [1.82, 2.24) is 14.9 Å². The van der Waals surface area contributed by atoms with Gasteiger partial charge in [0.05, 0.1) is 23.8 Å². The number of carbonyl (C=O) groups is 1. The van der Waals surface area contributed by atoms with E-state index < -0.39 is 0 Å². The summed E-state index contributed by atoms with van der Waals surface area (Å²) in [5.41, 5.74) is 2.75. The molecule has 1 amide bonds. The highest BCUT2D eigenvalue weighted by atomic mass is 32.1. The van der Waals surface area contributed by atoms with E-state index in [1.165, 1.54) is 11.3 Å². The number of pyridine rings is 1. The molecule has 118 valence electrons. The van der Waals surface area contributed by atoms with Gasteiger partial charge >= 0.3 is 0 Å². The van der Waals surface area contributed by atoms with E-state index in [1.54, 1.807) is 29.2 Å². The van der Waals surface area contributed by atoms with Crippen LogP contribution in [0.15, 0.2) is 29.2 Å². The normalized spacial score (nSPS) is 15.2. The van der Waals surface area contributed by atoms with Crippen LogP contribution >= 0.6 is 11.3 Å². The summed E-state index contributed by atoms with van der Waals surface area (Å²) in [5.74, 6) is 0.876. The first-order valence-electron chi connectivity index (χ1n) is 7.42. The summed E-state index contributed by atoms with van der Waals surface area (Å²) < 4.78 is 5.68. The molecule has 3 rings (SSSR count). The van der Waals surface area contributed by atoms with E-state index in [4.69, 9.17) is 10.00 Å². The van der Waals surface area contributed by atoms with E-state index in [-0.39, 0.29) is 5.91 Å². The van der Waals surface area contributed by atoms with Crippen LogP contribution in [0, 0.1) is 17.2 Å². The maximum absolute atomic E-state index is 12.2. The average molecular weight is 328 g/mol. The number of piperidine rings is 1. The molecular formula is C16H16N4O2S. The minimum Gasteiger partial charge on any atom is -0.477 e. The highest BCUT2D eigenvalue weighted by Crippen LogP contribution is 2.20. The van der Waals surface area contributed by atoms with Crippen LogP contribution in [0.5, 0.6) is 5.88 Å². The zero-order valence-electron chi connectivity index (χ0n) is 12.5. The van der Waals surface area contributed by atoms with Crippen molar-refractivity contribution in [1.29, 1.82) is 5.26 Å². The van der Waals surface area contributed by atoms with Crippen molar-refractivity contribution in [2.45, 2.75) is 12.8 Å². The van der Waals surface area contributed by atoms with Crippen molar-refractivity contribution in [3.8, 4) is 11.9 Å². The summed E-state index contributed by atoms with van der Waals surface area (Å²) in [5, 5.41) is 10.6. The number of thiazole rings is 1. The lowest BCUT2D eigenvalue weighted by molar-refractivity contribution is 0.0654. The van der Waals surface area contributed by atoms with Crippen LogP contribution in [-0.2, 0) is 0 Å². The van der Waals surface area contributed by atoms with Crippen LogP contribution in [0.1, 0.15) is 28.9 Å². The lowest BCUT2D eigenvalue weighted by atomic mass is 9.97. The van der Waals surface area contributed by atoms with Crippen LogP contribution in [-0.4, -0.2) is 40.5 Å². The van der Waals surface area contributed by atoms with Crippen molar-refractivity contribution < 1.29 is 9.53 Å². The standard InChI is InChI=1S/C16H16N4O2S/c17-8-13-1-4-18-15(7-13)22-9-12-2-5-20(6-3-12)16(21)14-10-23-11-19-14/h1,4,7,10-12H,2-3,5-6,9H2. The Morgan fingerprint density at radius 2 is 2.26 bits per heavy atom. The fourth-order valence-electron chi connectivity index (χ4n) is 2.54. The molecule has 1 fully saturated rings. The Balaban J connectivity index is 1.48. The number of hydrogen-bond donors (Lipinski definition) is 0. The second-order valence-electron chi connectivity index (χ2n) is 5.41. The average Bonchev–Trinajstić information content (AvgIpc) is 3.14. The number of amides is 1. The maximum Gasteiger partial charge on any atom is 0.273 e. The van der Waals surface area contributed by atoms with Crippen LogP contribution in [0.3, 0.4) is 0 Å². The molecule has 0 bridgehead atoms. The first-order chi connectivity index (χ1) is 11.3. The number of carbonyl (C=O) groups excluding carboxylic acids is 1. The van der Waals surface area contributed by atoms with Crippen molar-refractivity contribution in [3.63, 3.8) is 0 Å². The molecule has 2 aromatic rings. The molecule has 0 atom stereocenters. The second kappa shape index (κ2) is 7.20. The second-order valence-corrected chi connectivity index (χ2v) is 6.13. The highest BCUT2D eigenvalue weighted by molar-refractivity contribution is 7.07. The lowest BCUT2D eigenvalue weighted by Gasteiger charge is -2.31. The Morgan fingerprint density at radius 3 is 2.96 bits per heavy atom. The largest absolute Gasteiger partial charge is 0.477 e. The lowest BCUT2D eigenvalue weighted by Crippen LogP contribution is -2.39. The van der Waals surface area contributed by atoms with Gasteiger partial charge in [0.25, 0.3) is 5.91 Å². The maximum atomic E-state index is 12.2. The molecule has 2 aromatic heterocycles. The molecular weight excluding hydrogens is 312 g/mol.